The van der Waals surface area contributed by atoms with Crippen LogP contribution in [0.2, 0.25) is 0 Å². The molecule has 1 fully saturated rings. The van der Waals surface area contributed by atoms with Crippen LogP contribution in [0.1, 0.15) is 36.9 Å². The van der Waals surface area contributed by atoms with Gasteiger partial charge in [0.2, 0.25) is 0 Å². The second-order valence-corrected chi connectivity index (χ2v) is 6.89. The molecule has 3 rings (SSSR count). The first-order valence-corrected chi connectivity index (χ1v) is 9.03. The van der Waals surface area contributed by atoms with Crippen LogP contribution in [0.3, 0.4) is 0 Å². The van der Waals surface area contributed by atoms with Crippen molar-refractivity contribution >= 4 is 0 Å². The number of H-pyrrole nitrogens is 1. The van der Waals surface area contributed by atoms with E-state index in [1.54, 1.807) is 0 Å². The van der Waals surface area contributed by atoms with Crippen LogP contribution in [0.5, 0.6) is 5.75 Å². The molecule has 0 spiro atoms. The summed E-state index contributed by atoms with van der Waals surface area (Å²) in [4.78, 5) is 2.35. The zero-order chi connectivity index (χ0) is 19.4. The van der Waals surface area contributed by atoms with Gasteiger partial charge in [-0.25, -0.2) is 0 Å². The molecule has 2 aromatic rings. The van der Waals surface area contributed by atoms with Crippen molar-refractivity contribution in [3.63, 3.8) is 0 Å². The average molecular weight is 383 g/mol. The minimum absolute atomic E-state index is 0.0736. The summed E-state index contributed by atoms with van der Waals surface area (Å²) in [7, 11) is 0. The topological polar surface area (TPSA) is 50.4 Å². The number of halogens is 3. The van der Waals surface area contributed by atoms with Gasteiger partial charge in [0.1, 0.15) is 11.9 Å². The molecule has 0 saturated carbocycles. The van der Waals surface area contributed by atoms with Gasteiger partial charge in [-0.1, -0.05) is 6.07 Å². The van der Waals surface area contributed by atoms with Crippen LogP contribution < -0.4 is 4.74 Å². The van der Waals surface area contributed by atoms with Crippen molar-refractivity contribution in [3.05, 3.63) is 47.3 Å². The highest BCUT2D eigenvalue weighted by molar-refractivity contribution is 5.30. The maximum Gasteiger partial charge on any atom is 0.416 e. The van der Waals surface area contributed by atoms with Crippen LogP contribution >= 0.6 is 0 Å². The second kappa shape index (κ2) is 8.31. The quantitative estimate of drug-likeness (QED) is 0.824. The predicted molar refractivity (Wildman–Crippen MR) is 94.6 cm³/mol. The lowest BCUT2D eigenvalue weighted by Gasteiger charge is -2.34. The molecular weight excluding hydrogens is 359 g/mol. The zero-order valence-corrected chi connectivity index (χ0v) is 15.4. The van der Waals surface area contributed by atoms with Gasteiger partial charge in [0.05, 0.1) is 24.5 Å². The third-order valence-electron chi connectivity index (χ3n) is 4.61. The van der Waals surface area contributed by atoms with E-state index >= 15 is 0 Å². The summed E-state index contributed by atoms with van der Waals surface area (Å²) >= 11 is 0. The minimum Gasteiger partial charge on any atom is -0.493 e. The lowest BCUT2D eigenvalue weighted by molar-refractivity contribution is -0.137. The Labute approximate surface area is 156 Å². The smallest absolute Gasteiger partial charge is 0.416 e. The SMILES string of the molecule is CC(C)N1CCOC(c2cc(CCOc3cccc(C(F)(F)F)c3)[nH]n2)C1. The third kappa shape index (κ3) is 5.23. The van der Waals surface area contributed by atoms with Gasteiger partial charge in [-0.2, -0.15) is 18.3 Å². The van der Waals surface area contributed by atoms with Gasteiger partial charge in [-0.3, -0.25) is 10.00 Å². The van der Waals surface area contributed by atoms with Gasteiger partial charge in [-0.15, -0.1) is 0 Å². The van der Waals surface area contributed by atoms with Gasteiger partial charge in [0, 0.05) is 31.2 Å². The average Bonchev–Trinajstić information content (AvgIpc) is 3.10. The molecule has 0 radical (unpaired) electrons. The first kappa shape index (κ1) is 19.7. The first-order valence-electron chi connectivity index (χ1n) is 9.03. The molecule has 1 aromatic heterocycles. The molecule has 0 aliphatic carbocycles. The van der Waals surface area contributed by atoms with Gasteiger partial charge in [-0.05, 0) is 38.1 Å². The number of nitrogens with one attached hydrogen (secondary N) is 1. The summed E-state index contributed by atoms with van der Waals surface area (Å²) in [6.07, 6.45) is -3.93. The van der Waals surface area contributed by atoms with E-state index < -0.39 is 11.7 Å². The van der Waals surface area contributed by atoms with Crippen LogP contribution in [0, 0.1) is 0 Å². The predicted octanol–water partition coefficient (Wildman–Crippen LogP) is 3.83. The molecule has 8 heteroatoms. The van der Waals surface area contributed by atoms with E-state index in [0.29, 0.717) is 19.1 Å². The van der Waals surface area contributed by atoms with Crippen molar-refractivity contribution in [2.24, 2.45) is 0 Å². The molecule has 148 valence electrons. The third-order valence-corrected chi connectivity index (χ3v) is 4.61. The van der Waals surface area contributed by atoms with E-state index in [9.17, 15) is 13.2 Å². The molecule has 1 aliphatic heterocycles. The lowest BCUT2D eigenvalue weighted by Crippen LogP contribution is -2.42. The number of aromatic nitrogens is 2. The largest absolute Gasteiger partial charge is 0.493 e. The molecule has 1 atom stereocenters. The standard InChI is InChI=1S/C19H24F3N3O2/c1-13(2)25-7-9-27-18(12-25)17-11-15(23-24-17)6-8-26-16-5-3-4-14(10-16)19(20,21)22/h3-5,10-11,13,18H,6-9,12H2,1-2H3,(H,23,24). The second-order valence-electron chi connectivity index (χ2n) is 6.89. The highest BCUT2D eigenvalue weighted by atomic mass is 19.4. The van der Waals surface area contributed by atoms with Gasteiger partial charge >= 0.3 is 6.18 Å². The van der Waals surface area contributed by atoms with Gasteiger partial charge in [0.25, 0.3) is 0 Å². The maximum absolute atomic E-state index is 12.7. The number of ether oxygens (including phenoxy) is 2. The van der Waals surface area contributed by atoms with Crippen molar-refractivity contribution in [1.29, 1.82) is 0 Å². The monoisotopic (exact) mass is 383 g/mol. The number of morpholine rings is 1. The molecule has 5 nitrogen and oxygen atoms in total. The normalized spacial score (nSPS) is 18.8. The van der Waals surface area contributed by atoms with E-state index in [-0.39, 0.29) is 18.5 Å². The molecule has 1 N–H and O–H groups in total. The van der Waals surface area contributed by atoms with Crippen LogP contribution in [0.15, 0.2) is 30.3 Å². The number of rotatable bonds is 6. The van der Waals surface area contributed by atoms with Crippen molar-refractivity contribution < 1.29 is 22.6 Å². The van der Waals surface area contributed by atoms with Crippen molar-refractivity contribution in [3.8, 4) is 5.75 Å². The fraction of sp³-hybridized carbons (Fsp3) is 0.526. The summed E-state index contributed by atoms with van der Waals surface area (Å²) in [5, 5.41) is 7.29. The summed E-state index contributed by atoms with van der Waals surface area (Å²) in [6, 6.07) is 7.28. The van der Waals surface area contributed by atoms with E-state index in [1.807, 2.05) is 6.07 Å². The molecular formula is C19H24F3N3O2. The summed E-state index contributed by atoms with van der Waals surface area (Å²) in [6.45, 7) is 6.95. The Kier molecular flexibility index (Phi) is 6.06. The summed E-state index contributed by atoms with van der Waals surface area (Å²) in [5.41, 5.74) is 0.990. The van der Waals surface area contributed by atoms with E-state index in [1.165, 1.54) is 12.1 Å². The molecule has 2 heterocycles. The molecule has 1 aromatic carbocycles. The number of nitrogens with zero attached hydrogens (tertiary/aromatic N) is 2. The fourth-order valence-electron chi connectivity index (χ4n) is 3.03. The Hall–Kier alpha value is -2.06. The number of benzene rings is 1. The zero-order valence-electron chi connectivity index (χ0n) is 15.4. The van der Waals surface area contributed by atoms with Gasteiger partial charge in [0.15, 0.2) is 0 Å². The number of hydrogen-bond donors (Lipinski definition) is 1. The Morgan fingerprint density at radius 2 is 2.15 bits per heavy atom. The maximum atomic E-state index is 12.7. The number of aromatic amines is 1. The molecule has 1 aliphatic rings. The van der Waals surface area contributed by atoms with Crippen LogP contribution in [-0.2, 0) is 17.3 Å². The molecule has 0 bridgehead atoms. The molecule has 1 saturated heterocycles. The highest BCUT2D eigenvalue weighted by Crippen LogP contribution is 2.31. The van der Waals surface area contributed by atoms with Gasteiger partial charge < -0.3 is 9.47 Å². The van der Waals surface area contributed by atoms with Crippen LogP contribution in [0.25, 0.3) is 0 Å². The van der Waals surface area contributed by atoms with E-state index in [0.717, 1.165) is 36.6 Å². The fourth-order valence-corrected chi connectivity index (χ4v) is 3.03. The Bertz CT molecular complexity index is 746. The molecule has 1 unspecified atom stereocenters. The Balaban J connectivity index is 1.53. The van der Waals surface area contributed by atoms with Crippen molar-refractivity contribution in [1.82, 2.24) is 15.1 Å². The van der Waals surface area contributed by atoms with E-state index in [2.05, 4.69) is 28.9 Å². The van der Waals surface area contributed by atoms with Crippen LogP contribution in [-0.4, -0.2) is 47.4 Å². The van der Waals surface area contributed by atoms with Crippen molar-refractivity contribution in [2.75, 3.05) is 26.3 Å². The summed E-state index contributed by atoms with van der Waals surface area (Å²) < 4.78 is 49.5. The number of alkyl halides is 3. The minimum atomic E-state index is -4.37. The van der Waals surface area contributed by atoms with Crippen molar-refractivity contribution in [2.45, 2.75) is 38.6 Å². The van der Waals surface area contributed by atoms with E-state index in [4.69, 9.17) is 9.47 Å². The first-order chi connectivity index (χ1) is 12.8. The highest BCUT2D eigenvalue weighted by Gasteiger charge is 2.30. The Morgan fingerprint density at radius 1 is 1.33 bits per heavy atom. The van der Waals surface area contributed by atoms with Crippen LogP contribution in [0.4, 0.5) is 13.2 Å². The lowest BCUT2D eigenvalue weighted by atomic mass is 10.1. The Morgan fingerprint density at radius 3 is 2.89 bits per heavy atom. The molecule has 0 amide bonds. The molecule has 27 heavy (non-hydrogen) atoms. The summed E-state index contributed by atoms with van der Waals surface area (Å²) in [5.74, 6) is 0.202. The number of hydrogen-bond acceptors (Lipinski definition) is 4.